The second-order valence-electron chi connectivity index (χ2n) is 14.8. The molecule has 10 aromatic rings. The van der Waals surface area contributed by atoms with Crippen molar-refractivity contribution in [2.24, 2.45) is 0 Å². The van der Waals surface area contributed by atoms with Gasteiger partial charge in [0, 0.05) is 16.5 Å². The third-order valence-electron chi connectivity index (χ3n) is 11.9. The molecule has 260 valence electrons. The Morgan fingerprint density at radius 3 is 1.61 bits per heavy atom. The molecule has 3 heteroatoms. The number of furan rings is 1. The maximum Gasteiger partial charge on any atom is 0.180 e. The number of fused-ring (bicyclic) bond motifs is 13. The molecule has 0 unspecified atom stereocenters. The van der Waals surface area contributed by atoms with E-state index in [-0.39, 0.29) is 5.41 Å². The molecular weight excluding hydrogens is 681 g/mol. The second-order valence-corrected chi connectivity index (χ2v) is 14.8. The van der Waals surface area contributed by atoms with Crippen LogP contribution < -0.4 is 0 Å². The summed E-state index contributed by atoms with van der Waals surface area (Å²) in [6, 6.07) is 69.7. The quantitative estimate of drug-likeness (QED) is 0.182. The molecule has 8 aromatic carbocycles. The van der Waals surface area contributed by atoms with Gasteiger partial charge in [0.2, 0.25) is 0 Å². The number of rotatable bonds is 4. The zero-order valence-corrected chi connectivity index (χ0v) is 30.3. The Bertz CT molecular complexity index is 3130. The Balaban J connectivity index is 0.993. The van der Waals surface area contributed by atoms with Crippen molar-refractivity contribution in [3.8, 4) is 67.2 Å². The molecule has 12 rings (SSSR count). The molecule has 0 fully saturated rings. The predicted molar refractivity (Wildman–Crippen MR) is 227 cm³/mol. The Kier molecular flexibility index (Phi) is 6.55. The summed E-state index contributed by atoms with van der Waals surface area (Å²) in [5.41, 5.74) is 20.1. The van der Waals surface area contributed by atoms with Gasteiger partial charge in [-0.3, -0.25) is 0 Å². The summed E-state index contributed by atoms with van der Waals surface area (Å²) in [6.07, 6.45) is 0. The molecule has 2 aromatic heterocycles. The van der Waals surface area contributed by atoms with Crippen LogP contribution in [0, 0.1) is 0 Å². The molecule has 56 heavy (non-hydrogen) atoms. The van der Waals surface area contributed by atoms with Gasteiger partial charge in [-0.25, -0.2) is 9.97 Å². The topological polar surface area (TPSA) is 38.9 Å². The molecule has 0 N–H and O–H groups in total. The first-order valence-corrected chi connectivity index (χ1v) is 19.2. The van der Waals surface area contributed by atoms with E-state index < -0.39 is 0 Å². The lowest BCUT2D eigenvalue weighted by Gasteiger charge is -2.30. The second kappa shape index (κ2) is 11.8. The van der Waals surface area contributed by atoms with Gasteiger partial charge < -0.3 is 4.42 Å². The molecule has 0 saturated heterocycles. The fourth-order valence-corrected chi connectivity index (χ4v) is 9.56. The molecule has 0 amide bonds. The number of hydrogen-bond donors (Lipinski definition) is 0. The minimum Gasteiger partial charge on any atom is -0.452 e. The van der Waals surface area contributed by atoms with Gasteiger partial charge in [0.25, 0.3) is 0 Å². The first-order chi connectivity index (χ1) is 27.8. The highest BCUT2D eigenvalue weighted by Gasteiger charge is 2.51. The first kappa shape index (κ1) is 31.0. The van der Waals surface area contributed by atoms with Gasteiger partial charge in [0.15, 0.2) is 11.4 Å². The third kappa shape index (κ3) is 4.28. The minimum atomic E-state index is -0.359. The van der Waals surface area contributed by atoms with Crippen molar-refractivity contribution in [3.63, 3.8) is 0 Å². The number of hydrogen-bond acceptors (Lipinski definition) is 3. The lowest BCUT2D eigenvalue weighted by molar-refractivity contribution is 0.667. The van der Waals surface area contributed by atoms with Crippen LogP contribution in [0.4, 0.5) is 0 Å². The monoisotopic (exact) mass is 712 g/mol. The Labute approximate surface area is 324 Å². The Morgan fingerprint density at radius 1 is 0.375 bits per heavy atom. The predicted octanol–water partition coefficient (Wildman–Crippen LogP) is 13.4. The average Bonchev–Trinajstić information content (AvgIpc) is 3.91. The van der Waals surface area contributed by atoms with E-state index in [0.717, 1.165) is 44.4 Å². The molecule has 1 spiro atoms. The van der Waals surface area contributed by atoms with Crippen LogP contribution in [-0.2, 0) is 5.41 Å². The van der Waals surface area contributed by atoms with Crippen molar-refractivity contribution in [1.29, 1.82) is 0 Å². The molecule has 0 atom stereocenters. The summed E-state index contributed by atoms with van der Waals surface area (Å²) in [5, 5.41) is 0.971. The van der Waals surface area contributed by atoms with Crippen molar-refractivity contribution >= 4 is 22.1 Å². The van der Waals surface area contributed by atoms with Gasteiger partial charge in [0.05, 0.1) is 5.41 Å². The highest BCUT2D eigenvalue weighted by atomic mass is 16.3. The standard InChI is InChI=1S/C53H32N2O/c1-3-14-35(15-4-1)49-51-50(55-52(54-49)36-16-5-2-6-17-36)42-32-37(30-31-47(42)56-51)33-26-28-34(29-27-33)38-21-13-25-46-48(38)41-20-9-12-24-45(41)53(46)43-22-10-7-18-39(43)40-19-8-11-23-44(40)53/h1-32H. The zero-order valence-electron chi connectivity index (χ0n) is 30.3. The Hall–Kier alpha value is -7.36. The summed E-state index contributed by atoms with van der Waals surface area (Å²) in [7, 11) is 0. The maximum absolute atomic E-state index is 6.53. The number of benzene rings is 8. The van der Waals surface area contributed by atoms with E-state index in [4.69, 9.17) is 14.4 Å². The van der Waals surface area contributed by atoms with Crippen molar-refractivity contribution in [1.82, 2.24) is 9.97 Å². The smallest absolute Gasteiger partial charge is 0.180 e. The van der Waals surface area contributed by atoms with Gasteiger partial charge in [-0.2, -0.15) is 0 Å². The number of nitrogens with zero attached hydrogens (tertiary/aromatic N) is 2. The van der Waals surface area contributed by atoms with E-state index in [2.05, 4.69) is 158 Å². The molecule has 2 aliphatic rings. The van der Waals surface area contributed by atoms with E-state index in [1.165, 1.54) is 55.6 Å². The van der Waals surface area contributed by atoms with E-state index >= 15 is 0 Å². The molecule has 0 aliphatic heterocycles. The van der Waals surface area contributed by atoms with Crippen LogP contribution in [0.25, 0.3) is 89.2 Å². The number of aromatic nitrogens is 2. The van der Waals surface area contributed by atoms with Crippen LogP contribution in [0.5, 0.6) is 0 Å². The van der Waals surface area contributed by atoms with Gasteiger partial charge in [-0.15, -0.1) is 0 Å². The molecule has 2 aliphatic carbocycles. The summed E-state index contributed by atoms with van der Waals surface area (Å²) >= 11 is 0. The summed E-state index contributed by atoms with van der Waals surface area (Å²) in [5.74, 6) is 0.678. The van der Waals surface area contributed by atoms with Crippen LogP contribution in [0.2, 0.25) is 0 Å². The maximum atomic E-state index is 6.53. The van der Waals surface area contributed by atoms with Gasteiger partial charge in [-0.1, -0.05) is 182 Å². The van der Waals surface area contributed by atoms with E-state index in [9.17, 15) is 0 Å². The largest absolute Gasteiger partial charge is 0.452 e. The van der Waals surface area contributed by atoms with Crippen LogP contribution in [0.1, 0.15) is 22.3 Å². The van der Waals surface area contributed by atoms with Crippen LogP contribution in [0.15, 0.2) is 199 Å². The van der Waals surface area contributed by atoms with Crippen LogP contribution >= 0.6 is 0 Å². The van der Waals surface area contributed by atoms with Crippen molar-refractivity contribution in [2.75, 3.05) is 0 Å². The molecule has 0 radical (unpaired) electrons. The first-order valence-electron chi connectivity index (χ1n) is 19.2. The summed E-state index contributed by atoms with van der Waals surface area (Å²) in [6.45, 7) is 0. The van der Waals surface area contributed by atoms with Gasteiger partial charge in [0.1, 0.15) is 16.8 Å². The van der Waals surface area contributed by atoms with Crippen molar-refractivity contribution < 1.29 is 4.42 Å². The Morgan fingerprint density at radius 2 is 0.911 bits per heavy atom. The zero-order chi connectivity index (χ0) is 36.8. The fourth-order valence-electron chi connectivity index (χ4n) is 9.56. The molecule has 0 saturated carbocycles. The third-order valence-corrected chi connectivity index (χ3v) is 11.9. The normalized spacial score (nSPS) is 13.1. The summed E-state index contributed by atoms with van der Waals surface area (Å²) < 4.78 is 6.53. The van der Waals surface area contributed by atoms with E-state index in [0.29, 0.717) is 11.4 Å². The van der Waals surface area contributed by atoms with E-state index in [1.807, 2.05) is 36.4 Å². The summed E-state index contributed by atoms with van der Waals surface area (Å²) in [4.78, 5) is 10.1. The van der Waals surface area contributed by atoms with Crippen molar-refractivity contribution in [3.05, 3.63) is 216 Å². The van der Waals surface area contributed by atoms with Gasteiger partial charge in [-0.05, 0) is 78.9 Å². The molecule has 2 heterocycles. The van der Waals surface area contributed by atoms with Crippen LogP contribution in [-0.4, -0.2) is 9.97 Å². The lowest BCUT2D eigenvalue weighted by atomic mass is 9.70. The van der Waals surface area contributed by atoms with E-state index in [1.54, 1.807) is 0 Å². The highest BCUT2D eigenvalue weighted by Crippen LogP contribution is 2.63. The highest BCUT2D eigenvalue weighted by molar-refractivity contribution is 6.08. The van der Waals surface area contributed by atoms with Crippen LogP contribution in [0.3, 0.4) is 0 Å². The molecular formula is C53H32N2O. The average molecular weight is 713 g/mol. The lowest BCUT2D eigenvalue weighted by Crippen LogP contribution is -2.25. The molecule has 3 nitrogen and oxygen atoms in total. The fraction of sp³-hybridized carbons (Fsp3) is 0.0189. The minimum absolute atomic E-state index is 0.359. The van der Waals surface area contributed by atoms with Gasteiger partial charge >= 0.3 is 0 Å². The SMILES string of the molecule is c1ccc(-c2nc(-c3ccccc3)c3oc4ccc(-c5ccc(-c6cccc7c6-c6ccccc6C76c7ccccc7-c7ccccc76)cc5)cc4c3n2)cc1. The molecule has 0 bridgehead atoms. The van der Waals surface area contributed by atoms with Crippen molar-refractivity contribution in [2.45, 2.75) is 5.41 Å².